The summed E-state index contributed by atoms with van der Waals surface area (Å²) in [5, 5.41) is 12.2. The van der Waals surface area contributed by atoms with E-state index in [4.69, 9.17) is 10.5 Å². The van der Waals surface area contributed by atoms with E-state index in [1.54, 1.807) is 4.80 Å². The lowest BCUT2D eigenvalue weighted by atomic mass is 10.2. The Balaban J connectivity index is 1.77. The molecule has 6 nitrogen and oxygen atoms in total. The van der Waals surface area contributed by atoms with E-state index in [0.717, 1.165) is 12.2 Å². The molecular formula is C13H19N5O. The SMILES string of the molecule is Cc1cccc(OCCc2nnn(CCCN)n2)c1. The topological polar surface area (TPSA) is 78.9 Å². The zero-order valence-corrected chi connectivity index (χ0v) is 11.1. The third kappa shape index (κ3) is 4.33. The summed E-state index contributed by atoms with van der Waals surface area (Å²) in [4.78, 5) is 1.58. The molecule has 6 heteroatoms. The lowest BCUT2D eigenvalue weighted by molar-refractivity contribution is 0.318. The highest BCUT2D eigenvalue weighted by Gasteiger charge is 2.03. The minimum Gasteiger partial charge on any atom is -0.493 e. The van der Waals surface area contributed by atoms with Gasteiger partial charge in [-0.3, -0.25) is 0 Å². The third-order valence-electron chi connectivity index (χ3n) is 2.64. The van der Waals surface area contributed by atoms with Gasteiger partial charge in [-0.2, -0.15) is 4.80 Å². The van der Waals surface area contributed by atoms with E-state index in [2.05, 4.69) is 15.4 Å². The molecular weight excluding hydrogens is 242 g/mol. The number of nitrogens with two attached hydrogens (primary N) is 1. The number of tetrazole rings is 1. The van der Waals surface area contributed by atoms with Gasteiger partial charge >= 0.3 is 0 Å². The molecule has 0 unspecified atom stereocenters. The molecule has 2 aromatic rings. The molecule has 2 N–H and O–H groups in total. The molecule has 0 aliphatic rings. The molecule has 0 fully saturated rings. The number of aryl methyl sites for hydroxylation is 2. The Morgan fingerprint density at radius 3 is 3.05 bits per heavy atom. The van der Waals surface area contributed by atoms with Gasteiger partial charge in [-0.15, -0.1) is 10.2 Å². The van der Waals surface area contributed by atoms with Gasteiger partial charge in [0.25, 0.3) is 0 Å². The Morgan fingerprint density at radius 1 is 1.37 bits per heavy atom. The zero-order valence-electron chi connectivity index (χ0n) is 11.1. The molecule has 0 spiro atoms. The average molecular weight is 261 g/mol. The molecule has 1 heterocycles. The van der Waals surface area contributed by atoms with E-state index >= 15 is 0 Å². The standard InChI is InChI=1S/C13H19N5O/c1-11-4-2-5-12(10-11)19-9-6-13-15-17-18(16-13)8-3-7-14/h2,4-5,10H,3,6-9,14H2,1H3. The second kappa shape index (κ2) is 6.84. The number of hydrogen-bond donors (Lipinski definition) is 1. The van der Waals surface area contributed by atoms with Gasteiger partial charge in [0.05, 0.1) is 13.2 Å². The zero-order chi connectivity index (χ0) is 13.5. The van der Waals surface area contributed by atoms with E-state index in [9.17, 15) is 0 Å². The maximum absolute atomic E-state index is 5.64. The first-order valence-corrected chi connectivity index (χ1v) is 6.44. The van der Waals surface area contributed by atoms with Gasteiger partial charge in [-0.1, -0.05) is 12.1 Å². The number of hydrogen-bond acceptors (Lipinski definition) is 5. The van der Waals surface area contributed by atoms with Crippen molar-refractivity contribution < 1.29 is 4.74 Å². The van der Waals surface area contributed by atoms with Crippen molar-refractivity contribution in [2.45, 2.75) is 26.3 Å². The highest BCUT2D eigenvalue weighted by molar-refractivity contribution is 5.27. The first kappa shape index (κ1) is 13.5. The van der Waals surface area contributed by atoms with Crippen LogP contribution in [0.3, 0.4) is 0 Å². The number of rotatable bonds is 7. The van der Waals surface area contributed by atoms with Crippen molar-refractivity contribution >= 4 is 0 Å². The molecule has 19 heavy (non-hydrogen) atoms. The quantitative estimate of drug-likeness (QED) is 0.803. The minimum absolute atomic E-state index is 0.548. The minimum atomic E-state index is 0.548. The molecule has 1 aromatic heterocycles. The highest BCUT2D eigenvalue weighted by Crippen LogP contribution is 2.12. The lowest BCUT2D eigenvalue weighted by Crippen LogP contribution is -2.09. The van der Waals surface area contributed by atoms with Crippen LogP contribution in [-0.2, 0) is 13.0 Å². The van der Waals surface area contributed by atoms with Gasteiger partial charge in [0.2, 0.25) is 0 Å². The Bertz CT molecular complexity index is 511. The summed E-state index contributed by atoms with van der Waals surface area (Å²) < 4.78 is 5.64. The molecule has 0 saturated carbocycles. The van der Waals surface area contributed by atoms with Gasteiger partial charge in [0, 0.05) is 6.42 Å². The smallest absolute Gasteiger partial charge is 0.178 e. The molecule has 0 aliphatic carbocycles. The Kier molecular flexibility index (Phi) is 4.85. The maximum Gasteiger partial charge on any atom is 0.178 e. The number of aromatic nitrogens is 4. The highest BCUT2D eigenvalue weighted by atomic mass is 16.5. The monoisotopic (exact) mass is 261 g/mol. The third-order valence-corrected chi connectivity index (χ3v) is 2.64. The number of nitrogens with zero attached hydrogens (tertiary/aromatic N) is 4. The second-order valence-electron chi connectivity index (χ2n) is 4.36. The van der Waals surface area contributed by atoms with Crippen molar-refractivity contribution in [3.63, 3.8) is 0 Å². The number of ether oxygens (including phenoxy) is 1. The number of benzene rings is 1. The molecule has 102 valence electrons. The molecule has 1 aromatic carbocycles. The normalized spacial score (nSPS) is 10.6. The summed E-state index contributed by atoms with van der Waals surface area (Å²) in [5.41, 5.74) is 6.61. The van der Waals surface area contributed by atoms with Crippen LogP contribution in [0.15, 0.2) is 24.3 Å². The predicted octanol–water partition coefficient (Wildman–Crippen LogP) is 0.952. The van der Waals surface area contributed by atoms with Gasteiger partial charge in [0.15, 0.2) is 5.82 Å². The Hall–Kier alpha value is -1.95. The van der Waals surface area contributed by atoms with E-state index in [1.807, 2.05) is 31.2 Å². The summed E-state index contributed by atoms with van der Waals surface area (Å²) in [7, 11) is 0. The van der Waals surface area contributed by atoms with Crippen LogP contribution >= 0.6 is 0 Å². The summed E-state index contributed by atoms with van der Waals surface area (Å²) >= 11 is 0. The van der Waals surface area contributed by atoms with Crippen molar-refractivity contribution in [1.82, 2.24) is 20.2 Å². The van der Waals surface area contributed by atoms with Crippen molar-refractivity contribution in [3.8, 4) is 5.75 Å². The van der Waals surface area contributed by atoms with E-state index in [1.165, 1.54) is 5.56 Å². The fourth-order valence-corrected chi connectivity index (χ4v) is 1.67. The molecule has 0 saturated heterocycles. The van der Waals surface area contributed by atoms with Crippen molar-refractivity contribution in [3.05, 3.63) is 35.7 Å². The second-order valence-corrected chi connectivity index (χ2v) is 4.36. The summed E-state index contributed by atoms with van der Waals surface area (Å²) in [6.45, 7) is 3.93. The largest absolute Gasteiger partial charge is 0.493 e. The molecule has 0 amide bonds. The van der Waals surface area contributed by atoms with Crippen LogP contribution < -0.4 is 10.5 Å². The first-order chi connectivity index (χ1) is 9.28. The van der Waals surface area contributed by atoms with E-state index < -0.39 is 0 Å². The summed E-state index contributed by atoms with van der Waals surface area (Å²) in [6, 6.07) is 7.97. The summed E-state index contributed by atoms with van der Waals surface area (Å²) in [6.07, 6.45) is 1.51. The van der Waals surface area contributed by atoms with Gasteiger partial charge in [-0.25, -0.2) is 0 Å². The Morgan fingerprint density at radius 2 is 2.26 bits per heavy atom. The Labute approximate surface area is 112 Å². The van der Waals surface area contributed by atoms with Crippen LogP contribution in [0.2, 0.25) is 0 Å². The van der Waals surface area contributed by atoms with Crippen LogP contribution in [0.25, 0.3) is 0 Å². The maximum atomic E-state index is 5.64. The predicted molar refractivity (Wildman–Crippen MR) is 71.9 cm³/mol. The van der Waals surface area contributed by atoms with Crippen LogP contribution in [-0.4, -0.2) is 33.4 Å². The van der Waals surface area contributed by atoms with Crippen LogP contribution in [0.1, 0.15) is 17.8 Å². The molecule has 0 atom stereocenters. The molecule has 0 radical (unpaired) electrons. The van der Waals surface area contributed by atoms with Crippen molar-refractivity contribution in [2.75, 3.05) is 13.2 Å². The van der Waals surface area contributed by atoms with Crippen molar-refractivity contribution in [1.29, 1.82) is 0 Å². The van der Waals surface area contributed by atoms with Gasteiger partial charge in [-0.05, 0) is 42.8 Å². The lowest BCUT2D eigenvalue weighted by Gasteiger charge is -2.04. The fourth-order valence-electron chi connectivity index (χ4n) is 1.67. The van der Waals surface area contributed by atoms with E-state index in [0.29, 0.717) is 31.9 Å². The molecule has 0 bridgehead atoms. The average Bonchev–Trinajstić information content (AvgIpc) is 2.84. The first-order valence-electron chi connectivity index (χ1n) is 6.44. The van der Waals surface area contributed by atoms with Crippen LogP contribution in [0.5, 0.6) is 5.75 Å². The van der Waals surface area contributed by atoms with Crippen LogP contribution in [0, 0.1) is 6.92 Å². The van der Waals surface area contributed by atoms with Crippen LogP contribution in [0.4, 0.5) is 0 Å². The van der Waals surface area contributed by atoms with E-state index in [-0.39, 0.29) is 0 Å². The molecule has 2 rings (SSSR count). The molecule has 0 aliphatic heterocycles. The fraction of sp³-hybridized carbons (Fsp3) is 0.462. The van der Waals surface area contributed by atoms with Gasteiger partial charge in [0.1, 0.15) is 5.75 Å². The van der Waals surface area contributed by atoms with Crippen molar-refractivity contribution in [2.24, 2.45) is 5.73 Å². The van der Waals surface area contributed by atoms with Gasteiger partial charge < -0.3 is 10.5 Å². The summed E-state index contributed by atoms with van der Waals surface area (Å²) in [5.74, 6) is 1.57.